The summed E-state index contributed by atoms with van der Waals surface area (Å²) in [5, 5.41) is 2.93. The number of nitrogens with one attached hydrogen (secondary N) is 1. The Balaban J connectivity index is 1.93. The molecule has 21 heavy (non-hydrogen) atoms. The highest BCUT2D eigenvalue weighted by Gasteiger charge is 2.41. The van der Waals surface area contributed by atoms with Gasteiger partial charge in [0.2, 0.25) is 15.9 Å². The number of hydrogen-bond donors (Lipinski definition) is 1. The van der Waals surface area contributed by atoms with Crippen molar-refractivity contribution in [2.45, 2.75) is 44.8 Å². The molecule has 0 bridgehead atoms. The molecule has 0 spiro atoms. The second kappa shape index (κ2) is 6.62. The predicted molar refractivity (Wildman–Crippen MR) is 80.3 cm³/mol. The van der Waals surface area contributed by atoms with E-state index in [0.29, 0.717) is 18.9 Å². The molecule has 1 aliphatic carbocycles. The molecule has 0 aromatic heterocycles. The number of sulfonamides is 1. The summed E-state index contributed by atoms with van der Waals surface area (Å²) < 4.78 is 30.1. The van der Waals surface area contributed by atoms with Crippen LogP contribution in [0.15, 0.2) is 0 Å². The zero-order chi connectivity index (χ0) is 15.6. The van der Waals surface area contributed by atoms with Gasteiger partial charge < -0.3 is 10.1 Å². The molecule has 1 saturated heterocycles. The summed E-state index contributed by atoms with van der Waals surface area (Å²) in [6.07, 6.45) is 4.86. The van der Waals surface area contributed by atoms with E-state index in [1.54, 1.807) is 7.11 Å². The molecular weight excluding hydrogens is 292 g/mol. The maximum Gasteiger partial charge on any atom is 0.238 e. The Morgan fingerprint density at radius 1 is 1.33 bits per heavy atom. The third kappa shape index (κ3) is 4.17. The van der Waals surface area contributed by atoms with Gasteiger partial charge in [0.05, 0.1) is 12.4 Å². The van der Waals surface area contributed by atoms with Crippen molar-refractivity contribution in [3.05, 3.63) is 0 Å². The maximum absolute atomic E-state index is 12.3. The van der Waals surface area contributed by atoms with Crippen molar-refractivity contribution in [3.63, 3.8) is 0 Å². The summed E-state index contributed by atoms with van der Waals surface area (Å²) in [7, 11) is -1.85. The van der Waals surface area contributed by atoms with Crippen molar-refractivity contribution in [3.8, 4) is 0 Å². The van der Waals surface area contributed by atoms with Crippen molar-refractivity contribution in [1.29, 1.82) is 0 Å². The lowest BCUT2D eigenvalue weighted by Gasteiger charge is -2.21. The number of carbonyl (C=O) groups is 1. The minimum Gasteiger partial charge on any atom is -0.380 e. The summed E-state index contributed by atoms with van der Waals surface area (Å²) >= 11 is 0. The first-order chi connectivity index (χ1) is 9.81. The van der Waals surface area contributed by atoms with E-state index in [-0.39, 0.29) is 18.6 Å². The van der Waals surface area contributed by atoms with E-state index in [1.807, 2.05) is 0 Å². The highest BCUT2D eigenvalue weighted by molar-refractivity contribution is 7.88. The molecule has 1 N–H and O–H groups in total. The zero-order valence-corrected chi connectivity index (χ0v) is 13.9. The quantitative estimate of drug-likeness (QED) is 0.805. The molecule has 1 heterocycles. The van der Waals surface area contributed by atoms with Crippen LogP contribution in [0.1, 0.15) is 32.6 Å². The molecule has 1 aliphatic heterocycles. The van der Waals surface area contributed by atoms with Crippen LogP contribution in [0.3, 0.4) is 0 Å². The average molecular weight is 318 g/mol. The van der Waals surface area contributed by atoms with Crippen LogP contribution < -0.4 is 5.32 Å². The molecule has 7 heteroatoms. The lowest BCUT2D eigenvalue weighted by atomic mass is 10.1. The molecule has 0 aromatic carbocycles. The highest BCUT2D eigenvalue weighted by atomic mass is 32.2. The van der Waals surface area contributed by atoms with Crippen LogP contribution in [0.4, 0.5) is 0 Å². The van der Waals surface area contributed by atoms with Crippen molar-refractivity contribution in [1.82, 2.24) is 9.62 Å². The van der Waals surface area contributed by atoms with E-state index in [0.717, 1.165) is 25.0 Å². The van der Waals surface area contributed by atoms with Gasteiger partial charge in [-0.05, 0) is 24.7 Å². The molecule has 4 atom stereocenters. The monoisotopic (exact) mass is 318 g/mol. The Morgan fingerprint density at radius 3 is 2.57 bits per heavy atom. The van der Waals surface area contributed by atoms with Crippen LogP contribution in [0, 0.1) is 11.8 Å². The Bertz CT molecular complexity index is 479. The number of methoxy groups -OCH3 is 1. The van der Waals surface area contributed by atoms with Gasteiger partial charge in [0.15, 0.2) is 0 Å². The Hall–Kier alpha value is -0.660. The SMILES string of the molecule is CO[C@H]1C[C@H](C(=O)NC[C@@H]2CC[C@H](C)C2)N(S(C)(=O)=O)C1. The summed E-state index contributed by atoms with van der Waals surface area (Å²) in [6.45, 7) is 3.14. The van der Waals surface area contributed by atoms with Crippen LogP contribution in [0.2, 0.25) is 0 Å². The van der Waals surface area contributed by atoms with Crippen LogP contribution in [-0.2, 0) is 19.6 Å². The summed E-state index contributed by atoms with van der Waals surface area (Å²) in [5.41, 5.74) is 0. The smallest absolute Gasteiger partial charge is 0.238 e. The van der Waals surface area contributed by atoms with Gasteiger partial charge in [-0.25, -0.2) is 8.42 Å². The summed E-state index contributed by atoms with van der Waals surface area (Å²) in [6, 6.07) is -0.635. The van der Waals surface area contributed by atoms with Crippen molar-refractivity contribution < 1.29 is 17.9 Å². The molecule has 0 radical (unpaired) electrons. The van der Waals surface area contributed by atoms with Crippen molar-refractivity contribution >= 4 is 15.9 Å². The van der Waals surface area contributed by atoms with Gasteiger partial charge >= 0.3 is 0 Å². The molecule has 1 saturated carbocycles. The fourth-order valence-electron chi connectivity index (χ4n) is 3.42. The molecule has 0 aromatic rings. The van der Waals surface area contributed by atoms with Crippen LogP contribution in [0.25, 0.3) is 0 Å². The first-order valence-corrected chi connectivity index (χ1v) is 9.43. The number of nitrogens with zero attached hydrogens (tertiary/aromatic N) is 1. The van der Waals surface area contributed by atoms with Crippen LogP contribution >= 0.6 is 0 Å². The fraction of sp³-hybridized carbons (Fsp3) is 0.929. The van der Waals surface area contributed by atoms with Crippen molar-refractivity contribution in [2.24, 2.45) is 11.8 Å². The van der Waals surface area contributed by atoms with Gasteiger partial charge in [-0.3, -0.25) is 4.79 Å². The number of rotatable bonds is 5. The minimum atomic E-state index is -3.39. The molecule has 2 aliphatic rings. The summed E-state index contributed by atoms with van der Waals surface area (Å²) in [5.74, 6) is 1.05. The summed E-state index contributed by atoms with van der Waals surface area (Å²) in [4.78, 5) is 12.3. The fourth-order valence-corrected chi connectivity index (χ4v) is 4.50. The first kappa shape index (κ1) is 16.7. The first-order valence-electron chi connectivity index (χ1n) is 7.58. The number of hydrogen-bond acceptors (Lipinski definition) is 4. The Labute approximate surface area is 127 Å². The van der Waals surface area contributed by atoms with E-state index in [2.05, 4.69) is 12.2 Å². The van der Waals surface area contributed by atoms with E-state index < -0.39 is 16.1 Å². The molecule has 6 nitrogen and oxygen atoms in total. The lowest BCUT2D eigenvalue weighted by Crippen LogP contribution is -2.46. The van der Waals surface area contributed by atoms with E-state index >= 15 is 0 Å². The van der Waals surface area contributed by atoms with Gasteiger partial charge in [-0.15, -0.1) is 0 Å². The largest absolute Gasteiger partial charge is 0.380 e. The van der Waals surface area contributed by atoms with E-state index in [9.17, 15) is 13.2 Å². The topological polar surface area (TPSA) is 75.7 Å². The Kier molecular flexibility index (Phi) is 5.27. The second-order valence-electron chi connectivity index (χ2n) is 6.47. The van der Waals surface area contributed by atoms with Gasteiger partial charge in [0, 0.05) is 26.6 Å². The molecular formula is C14H26N2O4S. The standard InChI is InChI=1S/C14H26N2O4S/c1-10-4-5-11(6-10)8-15-14(17)13-7-12(20-2)9-16(13)21(3,18)19/h10-13H,4-9H2,1-3H3,(H,15,17)/t10-,11+,12-,13+/m0/s1. The number of carbonyl (C=O) groups excluding carboxylic acids is 1. The number of ether oxygens (including phenoxy) is 1. The zero-order valence-electron chi connectivity index (χ0n) is 13.0. The Morgan fingerprint density at radius 2 is 2.05 bits per heavy atom. The normalized spacial score (nSPS) is 34.2. The maximum atomic E-state index is 12.3. The molecule has 122 valence electrons. The van der Waals surface area contributed by atoms with E-state index in [4.69, 9.17) is 4.74 Å². The molecule has 2 fully saturated rings. The van der Waals surface area contributed by atoms with Gasteiger partial charge in [0.25, 0.3) is 0 Å². The highest BCUT2D eigenvalue weighted by Crippen LogP contribution is 2.30. The second-order valence-corrected chi connectivity index (χ2v) is 8.41. The van der Waals surface area contributed by atoms with Gasteiger partial charge in [-0.1, -0.05) is 13.3 Å². The lowest BCUT2D eigenvalue weighted by molar-refractivity contribution is -0.124. The molecule has 2 rings (SSSR count). The molecule has 1 amide bonds. The predicted octanol–water partition coefficient (Wildman–Crippen LogP) is 0.588. The molecule has 0 unspecified atom stereocenters. The van der Waals surface area contributed by atoms with Crippen molar-refractivity contribution in [2.75, 3.05) is 26.5 Å². The number of amides is 1. The van der Waals surface area contributed by atoms with Gasteiger partial charge in [0.1, 0.15) is 6.04 Å². The van der Waals surface area contributed by atoms with E-state index in [1.165, 1.54) is 10.7 Å². The average Bonchev–Trinajstić information content (AvgIpc) is 3.01. The minimum absolute atomic E-state index is 0.195. The van der Waals surface area contributed by atoms with Crippen LogP contribution in [0.5, 0.6) is 0 Å². The van der Waals surface area contributed by atoms with Crippen LogP contribution in [-0.4, -0.2) is 57.2 Å². The van der Waals surface area contributed by atoms with Gasteiger partial charge in [-0.2, -0.15) is 4.31 Å². The third-order valence-electron chi connectivity index (χ3n) is 4.65. The third-order valence-corrected chi connectivity index (χ3v) is 5.90.